The number of aromatic nitrogens is 2. The number of nitrogens with one attached hydrogen (secondary N) is 1. The van der Waals surface area contributed by atoms with E-state index < -0.39 is 0 Å². The summed E-state index contributed by atoms with van der Waals surface area (Å²) in [5.41, 5.74) is 0. The van der Waals surface area contributed by atoms with Gasteiger partial charge in [-0.25, -0.2) is 4.98 Å². The SMILES string of the molecule is CC1CCC(CNCCCCn2ccnc2)CC1. The van der Waals surface area contributed by atoms with Crippen molar-refractivity contribution in [2.45, 2.75) is 52.0 Å². The van der Waals surface area contributed by atoms with Crippen LogP contribution in [0.5, 0.6) is 0 Å². The lowest BCUT2D eigenvalue weighted by Gasteiger charge is -2.26. The van der Waals surface area contributed by atoms with Gasteiger partial charge in [0.25, 0.3) is 0 Å². The number of rotatable bonds is 7. The number of hydrogen-bond acceptors (Lipinski definition) is 2. The summed E-state index contributed by atoms with van der Waals surface area (Å²) in [6, 6.07) is 0. The predicted molar refractivity (Wildman–Crippen MR) is 75.5 cm³/mol. The second-order valence-corrected chi connectivity index (χ2v) is 5.84. The Kier molecular flexibility index (Phi) is 5.72. The molecule has 1 fully saturated rings. The summed E-state index contributed by atoms with van der Waals surface area (Å²) < 4.78 is 2.16. The van der Waals surface area contributed by atoms with Gasteiger partial charge in [0.2, 0.25) is 0 Å². The molecule has 0 unspecified atom stereocenters. The van der Waals surface area contributed by atoms with Crippen LogP contribution in [-0.2, 0) is 6.54 Å². The Morgan fingerprint density at radius 3 is 2.78 bits per heavy atom. The zero-order valence-corrected chi connectivity index (χ0v) is 11.6. The molecule has 0 spiro atoms. The zero-order chi connectivity index (χ0) is 12.6. The van der Waals surface area contributed by atoms with E-state index in [9.17, 15) is 0 Å². The van der Waals surface area contributed by atoms with Crippen LogP contribution >= 0.6 is 0 Å². The van der Waals surface area contributed by atoms with Crippen molar-refractivity contribution >= 4 is 0 Å². The van der Waals surface area contributed by atoms with Gasteiger partial charge in [-0.3, -0.25) is 0 Å². The molecular weight excluding hydrogens is 222 g/mol. The van der Waals surface area contributed by atoms with Gasteiger partial charge >= 0.3 is 0 Å². The third kappa shape index (κ3) is 4.81. The minimum Gasteiger partial charge on any atom is -0.337 e. The van der Waals surface area contributed by atoms with Crippen LogP contribution in [0.2, 0.25) is 0 Å². The van der Waals surface area contributed by atoms with Crippen LogP contribution in [0.1, 0.15) is 45.4 Å². The molecule has 3 nitrogen and oxygen atoms in total. The van der Waals surface area contributed by atoms with Gasteiger partial charge in [-0.05, 0) is 50.6 Å². The number of unbranched alkanes of at least 4 members (excludes halogenated alkanes) is 1. The first-order chi connectivity index (χ1) is 8.84. The van der Waals surface area contributed by atoms with Gasteiger partial charge in [0, 0.05) is 18.9 Å². The van der Waals surface area contributed by atoms with Gasteiger partial charge in [0.05, 0.1) is 6.33 Å². The number of aryl methyl sites for hydroxylation is 1. The fourth-order valence-electron chi connectivity index (χ4n) is 2.80. The fraction of sp³-hybridized carbons (Fsp3) is 0.800. The number of imidazole rings is 1. The monoisotopic (exact) mass is 249 g/mol. The predicted octanol–water partition coefficient (Wildman–Crippen LogP) is 3.08. The summed E-state index contributed by atoms with van der Waals surface area (Å²) in [7, 11) is 0. The fourth-order valence-corrected chi connectivity index (χ4v) is 2.80. The Bertz CT molecular complexity index is 300. The van der Waals surface area contributed by atoms with E-state index in [1.54, 1.807) is 0 Å². The Morgan fingerprint density at radius 1 is 1.22 bits per heavy atom. The Balaban J connectivity index is 1.44. The molecule has 1 aliphatic rings. The molecule has 2 rings (SSSR count). The summed E-state index contributed by atoms with van der Waals surface area (Å²) in [4.78, 5) is 4.05. The highest BCUT2D eigenvalue weighted by molar-refractivity contribution is 4.74. The Morgan fingerprint density at radius 2 is 2.06 bits per heavy atom. The maximum Gasteiger partial charge on any atom is 0.0945 e. The molecule has 0 saturated heterocycles. The van der Waals surface area contributed by atoms with Crippen molar-refractivity contribution in [1.29, 1.82) is 0 Å². The molecule has 1 aliphatic carbocycles. The molecular formula is C15H27N3. The average molecular weight is 249 g/mol. The molecule has 1 aromatic heterocycles. The minimum atomic E-state index is 0.940. The lowest BCUT2D eigenvalue weighted by Crippen LogP contribution is -2.26. The van der Waals surface area contributed by atoms with Gasteiger partial charge in [-0.2, -0.15) is 0 Å². The van der Waals surface area contributed by atoms with Gasteiger partial charge in [0.1, 0.15) is 0 Å². The number of nitrogens with zero attached hydrogens (tertiary/aromatic N) is 2. The van der Waals surface area contributed by atoms with Crippen molar-refractivity contribution in [1.82, 2.24) is 14.9 Å². The molecule has 1 N–H and O–H groups in total. The van der Waals surface area contributed by atoms with Crippen LogP contribution < -0.4 is 5.32 Å². The van der Waals surface area contributed by atoms with E-state index >= 15 is 0 Å². The lowest BCUT2D eigenvalue weighted by molar-refractivity contribution is 0.281. The highest BCUT2D eigenvalue weighted by atomic mass is 15.0. The van der Waals surface area contributed by atoms with Crippen molar-refractivity contribution in [3.05, 3.63) is 18.7 Å². The van der Waals surface area contributed by atoms with Crippen LogP contribution in [0.4, 0.5) is 0 Å². The molecule has 102 valence electrons. The molecule has 0 amide bonds. The second-order valence-electron chi connectivity index (χ2n) is 5.84. The largest absolute Gasteiger partial charge is 0.337 e. The molecule has 3 heteroatoms. The Labute approximate surface area is 111 Å². The van der Waals surface area contributed by atoms with Gasteiger partial charge in [-0.1, -0.05) is 19.8 Å². The number of hydrogen-bond donors (Lipinski definition) is 1. The molecule has 0 bridgehead atoms. The highest BCUT2D eigenvalue weighted by Crippen LogP contribution is 2.27. The van der Waals surface area contributed by atoms with Crippen molar-refractivity contribution in [3.63, 3.8) is 0 Å². The van der Waals surface area contributed by atoms with Crippen LogP contribution in [0.25, 0.3) is 0 Å². The van der Waals surface area contributed by atoms with E-state index in [1.165, 1.54) is 51.6 Å². The first kappa shape index (κ1) is 13.6. The molecule has 0 atom stereocenters. The van der Waals surface area contributed by atoms with E-state index in [4.69, 9.17) is 0 Å². The molecule has 0 radical (unpaired) electrons. The van der Waals surface area contributed by atoms with Gasteiger partial charge < -0.3 is 9.88 Å². The third-order valence-corrected chi connectivity index (χ3v) is 4.15. The van der Waals surface area contributed by atoms with Crippen LogP contribution in [0, 0.1) is 11.8 Å². The average Bonchev–Trinajstić information content (AvgIpc) is 2.89. The summed E-state index contributed by atoms with van der Waals surface area (Å²) in [6.07, 6.45) is 14.0. The van der Waals surface area contributed by atoms with Crippen LogP contribution in [0.3, 0.4) is 0 Å². The first-order valence-electron chi connectivity index (χ1n) is 7.51. The normalized spacial score (nSPS) is 24.3. The molecule has 1 heterocycles. The lowest BCUT2D eigenvalue weighted by atomic mass is 9.83. The van der Waals surface area contributed by atoms with E-state index in [0.29, 0.717) is 0 Å². The first-order valence-corrected chi connectivity index (χ1v) is 7.51. The second kappa shape index (κ2) is 7.57. The van der Waals surface area contributed by atoms with E-state index in [2.05, 4.69) is 21.8 Å². The zero-order valence-electron chi connectivity index (χ0n) is 11.6. The summed E-state index contributed by atoms with van der Waals surface area (Å²) in [5, 5.41) is 3.63. The summed E-state index contributed by atoms with van der Waals surface area (Å²) >= 11 is 0. The van der Waals surface area contributed by atoms with Crippen LogP contribution in [-0.4, -0.2) is 22.6 Å². The van der Waals surface area contributed by atoms with Crippen molar-refractivity contribution < 1.29 is 0 Å². The van der Waals surface area contributed by atoms with Crippen LogP contribution in [0.15, 0.2) is 18.7 Å². The smallest absolute Gasteiger partial charge is 0.0945 e. The molecule has 1 aromatic rings. The van der Waals surface area contributed by atoms with Crippen molar-refractivity contribution in [3.8, 4) is 0 Å². The molecule has 18 heavy (non-hydrogen) atoms. The standard InChI is InChI=1S/C15H27N3/c1-14-4-6-15(7-5-14)12-16-8-2-3-10-18-11-9-17-13-18/h9,11,13-16H,2-8,10,12H2,1H3. The molecule has 0 aliphatic heterocycles. The van der Waals surface area contributed by atoms with Gasteiger partial charge in [-0.15, -0.1) is 0 Å². The van der Waals surface area contributed by atoms with Crippen molar-refractivity contribution in [2.24, 2.45) is 11.8 Å². The minimum absolute atomic E-state index is 0.940. The molecule has 0 aromatic carbocycles. The van der Waals surface area contributed by atoms with Gasteiger partial charge in [0.15, 0.2) is 0 Å². The van der Waals surface area contributed by atoms with Crippen molar-refractivity contribution in [2.75, 3.05) is 13.1 Å². The third-order valence-electron chi connectivity index (χ3n) is 4.15. The maximum atomic E-state index is 4.05. The highest BCUT2D eigenvalue weighted by Gasteiger charge is 2.17. The molecule has 1 saturated carbocycles. The quantitative estimate of drug-likeness (QED) is 0.753. The Hall–Kier alpha value is -0.830. The van der Waals surface area contributed by atoms with E-state index in [0.717, 1.165) is 18.4 Å². The maximum absolute atomic E-state index is 4.05. The van der Waals surface area contributed by atoms with E-state index in [1.807, 2.05) is 18.7 Å². The summed E-state index contributed by atoms with van der Waals surface area (Å²) in [6.45, 7) is 5.89. The summed E-state index contributed by atoms with van der Waals surface area (Å²) in [5.74, 6) is 1.91. The topological polar surface area (TPSA) is 29.9 Å². The van der Waals surface area contributed by atoms with E-state index in [-0.39, 0.29) is 0 Å².